The smallest absolute Gasteiger partial charge is 0.222 e. The topological polar surface area (TPSA) is 49.3 Å². The lowest BCUT2D eigenvalue weighted by Gasteiger charge is -2.35. The van der Waals surface area contributed by atoms with Gasteiger partial charge in [-0.15, -0.1) is 11.3 Å². The molecule has 1 saturated heterocycles. The van der Waals surface area contributed by atoms with Crippen LogP contribution < -0.4 is 4.90 Å². The predicted octanol–water partition coefficient (Wildman–Crippen LogP) is 4.41. The molecule has 0 radical (unpaired) electrons. The van der Waals surface area contributed by atoms with Crippen molar-refractivity contribution < 1.29 is 4.79 Å². The van der Waals surface area contributed by atoms with Crippen molar-refractivity contribution in [3.05, 3.63) is 52.6 Å². The molecule has 4 rings (SSSR count). The van der Waals surface area contributed by atoms with Crippen molar-refractivity contribution in [2.24, 2.45) is 0 Å². The van der Waals surface area contributed by atoms with Crippen molar-refractivity contribution in [2.45, 2.75) is 25.7 Å². The summed E-state index contributed by atoms with van der Waals surface area (Å²) in [4.78, 5) is 25.7. The first-order valence-corrected chi connectivity index (χ1v) is 10.9. The zero-order valence-corrected chi connectivity index (χ0v) is 17.3. The number of piperazine rings is 1. The fourth-order valence-corrected chi connectivity index (χ4v) is 4.66. The van der Waals surface area contributed by atoms with Crippen molar-refractivity contribution in [1.82, 2.24) is 14.9 Å². The fourth-order valence-electron chi connectivity index (χ4n) is 3.50. The van der Waals surface area contributed by atoms with Crippen molar-refractivity contribution in [2.75, 3.05) is 31.1 Å². The third-order valence-electron chi connectivity index (χ3n) is 5.03. The zero-order valence-electron chi connectivity index (χ0n) is 15.7. The van der Waals surface area contributed by atoms with Crippen molar-refractivity contribution in [1.29, 1.82) is 0 Å². The van der Waals surface area contributed by atoms with Crippen LogP contribution in [0, 0.1) is 0 Å². The number of benzene rings is 1. The first-order valence-electron chi connectivity index (χ1n) is 9.69. The number of carbonyl (C=O) groups excluding carboxylic acids is 1. The molecule has 1 aromatic carbocycles. The van der Waals surface area contributed by atoms with E-state index in [-0.39, 0.29) is 5.91 Å². The lowest BCUT2D eigenvalue weighted by Crippen LogP contribution is -2.49. The molecular weight excluding hydrogens is 392 g/mol. The highest BCUT2D eigenvalue weighted by Crippen LogP contribution is 2.23. The second-order valence-electron chi connectivity index (χ2n) is 6.97. The third kappa shape index (κ3) is 4.62. The molecule has 28 heavy (non-hydrogen) atoms. The van der Waals surface area contributed by atoms with Gasteiger partial charge < -0.3 is 9.80 Å². The Kier molecular flexibility index (Phi) is 6.07. The van der Waals surface area contributed by atoms with Gasteiger partial charge >= 0.3 is 0 Å². The largest absolute Gasteiger partial charge is 0.353 e. The Morgan fingerprint density at radius 1 is 1.00 bits per heavy atom. The van der Waals surface area contributed by atoms with Crippen molar-refractivity contribution in [3.63, 3.8) is 0 Å². The number of pyridine rings is 1. The van der Waals surface area contributed by atoms with Crippen LogP contribution >= 0.6 is 22.9 Å². The Hall–Kier alpha value is -2.18. The van der Waals surface area contributed by atoms with E-state index in [0.29, 0.717) is 11.6 Å². The highest BCUT2D eigenvalue weighted by molar-refractivity contribution is 7.18. The van der Waals surface area contributed by atoms with Crippen LogP contribution in [0.1, 0.15) is 24.3 Å². The van der Waals surface area contributed by atoms with Crippen LogP contribution in [0.4, 0.5) is 5.82 Å². The van der Waals surface area contributed by atoms with Gasteiger partial charge in [-0.05, 0) is 43.5 Å². The second-order valence-corrected chi connectivity index (χ2v) is 8.47. The minimum atomic E-state index is 0.253. The molecule has 1 amide bonds. The Morgan fingerprint density at radius 2 is 1.82 bits per heavy atom. The van der Waals surface area contributed by atoms with Gasteiger partial charge in [-0.2, -0.15) is 0 Å². The van der Waals surface area contributed by atoms with Gasteiger partial charge in [0.05, 0.1) is 15.2 Å². The van der Waals surface area contributed by atoms with E-state index in [1.165, 1.54) is 4.70 Å². The summed E-state index contributed by atoms with van der Waals surface area (Å²) in [5, 5.41) is 1.67. The van der Waals surface area contributed by atoms with Gasteiger partial charge in [-0.1, -0.05) is 29.8 Å². The molecule has 0 aliphatic carbocycles. The summed E-state index contributed by atoms with van der Waals surface area (Å²) in [5.74, 6) is 1.14. The van der Waals surface area contributed by atoms with Gasteiger partial charge in [0.1, 0.15) is 11.0 Å². The molecule has 5 nitrogen and oxygen atoms in total. The van der Waals surface area contributed by atoms with Gasteiger partial charge in [-0.25, -0.2) is 9.97 Å². The summed E-state index contributed by atoms with van der Waals surface area (Å²) in [6, 6.07) is 13.9. The number of anilines is 1. The number of thiazole rings is 1. The van der Waals surface area contributed by atoms with Crippen LogP contribution in [-0.4, -0.2) is 47.0 Å². The molecule has 0 saturated carbocycles. The van der Waals surface area contributed by atoms with Crippen LogP contribution in [0.2, 0.25) is 5.15 Å². The standard InChI is InChI=1S/C21H23ClN4OS/c22-18-8-5-9-19(24-18)25-12-14-26(15-13-25)21(27)11-4-3-10-20-23-16-6-1-2-7-17(16)28-20/h1-2,5-9H,3-4,10-15H2. The highest BCUT2D eigenvalue weighted by Gasteiger charge is 2.21. The SMILES string of the molecule is O=C(CCCCc1nc2ccccc2s1)N1CCN(c2cccc(Cl)n2)CC1. The Morgan fingerprint density at radius 3 is 2.61 bits per heavy atom. The number of aromatic nitrogens is 2. The van der Waals surface area contributed by atoms with E-state index in [1.807, 2.05) is 29.2 Å². The number of nitrogens with zero attached hydrogens (tertiary/aromatic N) is 4. The van der Waals surface area contributed by atoms with E-state index in [4.69, 9.17) is 11.6 Å². The van der Waals surface area contributed by atoms with Gasteiger partial charge in [0, 0.05) is 32.6 Å². The number of fused-ring (bicyclic) bond motifs is 1. The monoisotopic (exact) mass is 414 g/mol. The molecule has 1 aliphatic rings. The Bertz CT molecular complexity index is 919. The molecule has 146 valence electrons. The Labute approximate surface area is 174 Å². The number of carbonyl (C=O) groups is 1. The van der Waals surface area contributed by atoms with Gasteiger partial charge in [0.25, 0.3) is 0 Å². The summed E-state index contributed by atoms with van der Waals surface area (Å²) in [6.45, 7) is 3.07. The normalized spacial score (nSPS) is 14.6. The second kappa shape index (κ2) is 8.88. The van der Waals surface area contributed by atoms with E-state index < -0.39 is 0 Å². The maximum absolute atomic E-state index is 12.5. The summed E-state index contributed by atoms with van der Waals surface area (Å²) in [7, 11) is 0. The van der Waals surface area contributed by atoms with Gasteiger partial charge in [0.15, 0.2) is 0 Å². The molecule has 0 N–H and O–H groups in total. The van der Waals surface area contributed by atoms with E-state index in [9.17, 15) is 4.79 Å². The van der Waals surface area contributed by atoms with Crippen LogP contribution in [0.15, 0.2) is 42.5 Å². The average molecular weight is 415 g/mol. The minimum Gasteiger partial charge on any atom is -0.353 e. The van der Waals surface area contributed by atoms with E-state index in [2.05, 4.69) is 27.0 Å². The molecule has 2 aromatic heterocycles. The molecule has 0 atom stereocenters. The number of hydrogen-bond donors (Lipinski definition) is 0. The minimum absolute atomic E-state index is 0.253. The number of amides is 1. The summed E-state index contributed by atoms with van der Waals surface area (Å²) < 4.78 is 1.24. The van der Waals surface area contributed by atoms with Gasteiger partial charge in [0.2, 0.25) is 5.91 Å². The fraction of sp³-hybridized carbons (Fsp3) is 0.381. The lowest BCUT2D eigenvalue weighted by molar-refractivity contribution is -0.131. The lowest BCUT2D eigenvalue weighted by atomic mass is 10.1. The summed E-state index contributed by atoms with van der Waals surface area (Å²) >= 11 is 7.73. The quantitative estimate of drug-likeness (QED) is 0.443. The number of rotatable bonds is 6. The maximum Gasteiger partial charge on any atom is 0.222 e. The molecule has 7 heteroatoms. The molecule has 3 heterocycles. The van der Waals surface area contributed by atoms with E-state index in [0.717, 1.165) is 61.8 Å². The van der Waals surface area contributed by atoms with Crippen LogP contribution in [0.25, 0.3) is 10.2 Å². The highest BCUT2D eigenvalue weighted by atomic mass is 35.5. The van der Waals surface area contributed by atoms with Crippen molar-refractivity contribution in [3.8, 4) is 0 Å². The van der Waals surface area contributed by atoms with E-state index >= 15 is 0 Å². The number of hydrogen-bond acceptors (Lipinski definition) is 5. The summed E-state index contributed by atoms with van der Waals surface area (Å²) in [6.07, 6.45) is 3.46. The molecule has 0 bridgehead atoms. The first-order chi connectivity index (χ1) is 13.7. The number of halogens is 1. The zero-order chi connectivity index (χ0) is 19.3. The van der Waals surface area contributed by atoms with Crippen molar-refractivity contribution >= 4 is 44.9 Å². The maximum atomic E-state index is 12.5. The molecule has 3 aromatic rings. The predicted molar refractivity (Wildman–Crippen MR) is 115 cm³/mol. The number of aryl methyl sites for hydroxylation is 1. The third-order valence-corrected chi connectivity index (χ3v) is 6.33. The van der Waals surface area contributed by atoms with Crippen LogP contribution in [0.5, 0.6) is 0 Å². The van der Waals surface area contributed by atoms with Crippen LogP contribution in [0.3, 0.4) is 0 Å². The first kappa shape index (κ1) is 19.2. The van der Waals surface area contributed by atoms with Crippen LogP contribution in [-0.2, 0) is 11.2 Å². The Balaban J connectivity index is 1.19. The van der Waals surface area contributed by atoms with Gasteiger partial charge in [-0.3, -0.25) is 4.79 Å². The average Bonchev–Trinajstić information content (AvgIpc) is 3.14. The molecule has 1 aliphatic heterocycles. The van der Waals surface area contributed by atoms with E-state index in [1.54, 1.807) is 17.4 Å². The number of para-hydroxylation sites is 1. The molecule has 0 spiro atoms. The molecule has 1 fully saturated rings. The molecule has 0 unspecified atom stereocenters. The number of unbranched alkanes of at least 4 members (excludes halogenated alkanes) is 1. The summed E-state index contributed by atoms with van der Waals surface area (Å²) in [5.41, 5.74) is 1.07. The molecular formula is C21H23ClN4OS.